The number of hydrogen-bond donors (Lipinski definition) is 1. The largest absolute Gasteiger partial charge is 0.309 e. The Bertz CT molecular complexity index is 341. The van der Waals surface area contributed by atoms with Gasteiger partial charge in [-0.25, -0.2) is 0 Å². The highest BCUT2D eigenvalue weighted by atomic mass is 15.3. The molecule has 0 radical (unpaired) electrons. The maximum absolute atomic E-state index is 4.28. The average Bonchev–Trinajstić information content (AvgIpc) is 2.51. The van der Waals surface area contributed by atoms with Gasteiger partial charge in [0.25, 0.3) is 0 Å². The van der Waals surface area contributed by atoms with Crippen LogP contribution in [0.25, 0.3) is 0 Å². The van der Waals surface area contributed by atoms with Crippen LogP contribution in [0.1, 0.15) is 24.6 Å². The van der Waals surface area contributed by atoms with E-state index in [1.54, 1.807) is 0 Å². The molecule has 1 rings (SSSR count). The Labute approximate surface area is 85.5 Å². The van der Waals surface area contributed by atoms with Gasteiger partial charge in [-0.3, -0.25) is 4.68 Å². The normalized spacial score (nSPS) is 9.64. The summed E-state index contributed by atoms with van der Waals surface area (Å²) in [4.78, 5) is 0. The molecule has 14 heavy (non-hydrogen) atoms. The molecular formula is C11H17N3. The molecule has 76 valence electrons. The summed E-state index contributed by atoms with van der Waals surface area (Å²) in [6.45, 7) is 5.90. The monoisotopic (exact) mass is 191 g/mol. The third kappa shape index (κ3) is 2.61. The van der Waals surface area contributed by atoms with Crippen molar-refractivity contribution in [3.63, 3.8) is 0 Å². The fourth-order valence-corrected chi connectivity index (χ4v) is 1.23. The van der Waals surface area contributed by atoms with E-state index in [4.69, 9.17) is 0 Å². The van der Waals surface area contributed by atoms with Crippen LogP contribution in [0.3, 0.4) is 0 Å². The maximum atomic E-state index is 4.28. The van der Waals surface area contributed by atoms with E-state index in [9.17, 15) is 0 Å². The molecule has 0 unspecified atom stereocenters. The predicted octanol–water partition coefficient (Wildman–Crippen LogP) is 1.17. The zero-order valence-corrected chi connectivity index (χ0v) is 9.09. The van der Waals surface area contributed by atoms with Crippen LogP contribution in [-0.4, -0.2) is 23.4 Å². The molecule has 3 nitrogen and oxygen atoms in total. The molecule has 1 aromatic rings. The van der Waals surface area contributed by atoms with Crippen LogP contribution in [-0.2, 0) is 6.54 Å². The summed E-state index contributed by atoms with van der Waals surface area (Å²) < 4.78 is 2.00. The van der Waals surface area contributed by atoms with E-state index >= 15 is 0 Å². The molecule has 1 aromatic heterocycles. The van der Waals surface area contributed by atoms with Crippen molar-refractivity contribution in [2.45, 2.75) is 26.8 Å². The second-order valence-electron chi connectivity index (χ2n) is 3.20. The number of aryl methyl sites for hydroxylation is 1. The molecule has 0 atom stereocenters. The van der Waals surface area contributed by atoms with E-state index in [2.05, 4.69) is 36.1 Å². The van der Waals surface area contributed by atoms with Crippen LogP contribution in [0.2, 0.25) is 0 Å². The first-order valence-electron chi connectivity index (χ1n) is 4.95. The molecule has 0 saturated heterocycles. The Balaban J connectivity index is 2.75. The minimum Gasteiger partial charge on any atom is -0.309 e. The number of nitrogens with zero attached hydrogens (tertiary/aromatic N) is 2. The van der Waals surface area contributed by atoms with Gasteiger partial charge >= 0.3 is 0 Å². The molecule has 0 spiro atoms. The van der Waals surface area contributed by atoms with E-state index in [1.165, 1.54) is 0 Å². The molecule has 0 fully saturated rings. The fourth-order valence-electron chi connectivity index (χ4n) is 1.23. The molecule has 0 saturated carbocycles. The van der Waals surface area contributed by atoms with E-state index < -0.39 is 0 Å². The molecule has 0 aliphatic carbocycles. The molecule has 0 aromatic carbocycles. The lowest BCUT2D eigenvalue weighted by atomic mass is 10.2. The third-order valence-electron chi connectivity index (χ3n) is 2.03. The second kappa shape index (κ2) is 5.46. The summed E-state index contributed by atoms with van der Waals surface area (Å²) in [6, 6.07) is 0. The molecule has 0 aliphatic rings. The van der Waals surface area contributed by atoms with E-state index in [1.807, 2.05) is 17.9 Å². The van der Waals surface area contributed by atoms with Gasteiger partial charge in [0.1, 0.15) is 0 Å². The van der Waals surface area contributed by atoms with Gasteiger partial charge in [-0.05, 0) is 20.4 Å². The van der Waals surface area contributed by atoms with Crippen molar-refractivity contribution in [3.8, 4) is 11.8 Å². The summed E-state index contributed by atoms with van der Waals surface area (Å²) in [5.41, 5.74) is 2.20. The van der Waals surface area contributed by atoms with E-state index in [-0.39, 0.29) is 0 Å². The number of hydrogen-bond acceptors (Lipinski definition) is 2. The first kappa shape index (κ1) is 10.8. The van der Waals surface area contributed by atoms with Crippen LogP contribution in [0, 0.1) is 18.8 Å². The lowest BCUT2D eigenvalue weighted by Crippen LogP contribution is -2.04. The summed E-state index contributed by atoms with van der Waals surface area (Å²) in [5.74, 6) is 6.13. The van der Waals surface area contributed by atoms with Crippen LogP contribution in [0.4, 0.5) is 0 Å². The van der Waals surface area contributed by atoms with E-state index in [0.717, 1.165) is 30.8 Å². The van der Waals surface area contributed by atoms with Crippen LogP contribution in [0.15, 0.2) is 6.20 Å². The Morgan fingerprint density at radius 2 is 2.36 bits per heavy atom. The number of aromatic nitrogens is 2. The van der Waals surface area contributed by atoms with Gasteiger partial charge in [-0.2, -0.15) is 5.10 Å². The standard InChI is InChI=1S/C11H17N3/c1-4-8-14-10(2)11(9-13-14)6-5-7-12-3/h9,12H,4,7-8H2,1-3H3. The van der Waals surface area contributed by atoms with Crippen molar-refractivity contribution in [1.82, 2.24) is 15.1 Å². The Hall–Kier alpha value is -1.27. The SMILES string of the molecule is CCCn1ncc(C#CCNC)c1C. The van der Waals surface area contributed by atoms with Gasteiger partial charge in [-0.15, -0.1) is 0 Å². The third-order valence-corrected chi connectivity index (χ3v) is 2.03. The van der Waals surface area contributed by atoms with Crippen molar-refractivity contribution >= 4 is 0 Å². The summed E-state index contributed by atoms with van der Waals surface area (Å²) in [6.07, 6.45) is 2.94. The molecule has 0 amide bonds. The van der Waals surface area contributed by atoms with Crippen molar-refractivity contribution in [1.29, 1.82) is 0 Å². The highest BCUT2D eigenvalue weighted by Crippen LogP contribution is 2.05. The van der Waals surface area contributed by atoms with Gasteiger partial charge in [0.05, 0.1) is 24.0 Å². The van der Waals surface area contributed by atoms with Crippen molar-refractivity contribution < 1.29 is 0 Å². The number of nitrogens with one attached hydrogen (secondary N) is 1. The zero-order chi connectivity index (χ0) is 10.4. The van der Waals surface area contributed by atoms with Crippen molar-refractivity contribution in [3.05, 3.63) is 17.5 Å². The second-order valence-corrected chi connectivity index (χ2v) is 3.20. The molecule has 3 heteroatoms. The van der Waals surface area contributed by atoms with Gasteiger partial charge in [0.2, 0.25) is 0 Å². The van der Waals surface area contributed by atoms with Crippen LogP contribution in [0.5, 0.6) is 0 Å². The Kier molecular flexibility index (Phi) is 4.21. The van der Waals surface area contributed by atoms with Gasteiger partial charge < -0.3 is 5.32 Å². The lowest BCUT2D eigenvalue weighted by molar-refractivity contribution is 0.587. The topological polar surface area (TPSA) is 29.9 Å². The summed E-state index contributed by atoms with van der Waals surface area (Å²) >= 11 is 0. The Morgan fingerprint density at radius 3 is 3.00 bits per heavy atom. The van der Waals surface area contributed by atoms with Crippen molar-refractivity contribution in [2.75, 3.05) is 13.6 Å². The average molecular weight is 191 g/mol. The molecular weight excluding hydrogens is 174 g/mol. The molecule has 0 aliphatic heterocycles. The smallest absolute Gasteiger partial charge is 0.0655 e. The van der Waals surface area contributed by atoms with E-state index in [0.29, 0.717) is 0 Å². The van der Waals surface area contributed by atoms with Gasteiger partial charge in [-0.1, -0.05) is 18.8 Å². The Morgan fingerprint density at radius 1 is 1.57 bits per heavy atom. The highest BCUT2D eigenvalue weighted by molar-refractivity contribution is 5.36. The molecule has 1 N–H and O–H groups in total. The quantitative estimate of drug-likeness (QED) is 0.727. The van der Waals surface area contributed by atoms with Gasteiger partial charge in [0, 0.05) is 6.54 Å². The predicted molar refractivity (Wildman–Crippen MR) is 58.1 cm³/mol. The molecule has 0 bridgehead atoms. The minimum atomic E-state index is 0.721. The summed E-state index contributed by atoms with van der Waals surface area (Å²) in [5, 5.41) is 7.27. The summed E-state index contributed by atoms with van der Waals surface area (Å²) in [7, 11) is 1.89. The maximum Gasteiger partial charge on any atom is 0.0655 e. The number of rotatable bonds is 3. The van der Waals surface area contributed by atoms with Crippen molar-refractivity contribution in [2.24, 2.45) is 0 Å². The van der Waals surface area contributed by atoms with Crippen LogP contribution < -0.4 is 5.32 Å². The first-order valence-corrected chi connectivity index (χ1v) is 4.95. The fraction of sp³-hybridized carbons (Fsp3) is 0.545. The lowest BCUT2D eigenvalue weighted by Gasteiger charge is -2.00. The molecule has 1 heterocycles. The van der Waals surface area contributed by atoms with Gasteiger partial charge in [0.15, 0.2) is 0 Å². The minimum absolute atomic E-state index is 0.721. The van der Waals surface area contributed by atoms with Crippen LogP contribution >= 0.6 is 0 Å². The zero-order valence-electron chi connectivity index (χ0n) is 9.09. The highest BCUT2D eigenvalue weighted by Gasteiger charge is 2.01. The first-order chi connectivity index (χ1) is 6.79.